The maximum Gasteiger partial charge on any atom is 0.306 e. The Bertz CT molecular complexity index is 2890. The van der Waals surface area contributed by atoms with Gasteiger partial charge in [0.15, 0.2) is 35.1 Å². The number of hydrogen-bond acceptors (Lipinski definition) is 14. The van der Waals surface area contributed by atoms with Crippen LogP contribution in [0.1, 0.15) is 149 Å². The molecule has 0 aliphatic rings. The van der Waals surface area contributed by atoms with E-state index in [1.165, 1.54) is 27.1 Å². The average Bonchev–Trinajstić information content (AvgIpc) is 3.01. The third-order valence-electron chi connectivity index (χ3n) is 15.4. The van der Waals surface area contributed by atoms with Gasteiger partial charge in [0.1, 0.15) is 18.0 Å². The zero-order valence-corrected chi connectivity index (χ0v) is 55.0. The maximum absolute atomic E-state index is 15.0. The molecular formula is C68H103N11O11. The van der Waals surface area contributed by atoms with Gasteiger partial charge >= 0.3 is 5.97 Å². The third-order valence-corrected chi connectivity index (χ3v) is 15.4. The van der Waals surface area contributed by atoms with Crippen molar-refractivity contribution in [1.82, 2.24) is 36.8 Å². The molecule has 0 radical (unpaired) electrons. The van der Waals surface area contributed by atoms with Gasteiger partial charge in [-0.1, -0.05) is 80.6 Å². The van der Waals surface area contributed by atoms with Crippen LogP contribution in [0.25, 0.3) is 10.8 Å². The Morgan fingerprint density at radius 3 is 1.81 bits per heavy atom. The summed E-state index contributed by atoms with van der Waals surface area (Å²) in [5.74, 6) is -6.48. The van der Waals surface area contributed by atoms with Gasteiger partial charge in [0.05, 0.1) is 24.7 Å². The largest absolute Gasteiger partial charge is 0.488 e. The second-order valence-electron chi connectivity index (χ2n) is 24.4. The maximum atomic E-state index is 15.0. The van der Waals surface area contributed by atoms with Gasteiger partial charge in [-0.25, -0.2) is 0 Å². The molecule has 3 aromatic carbocycles. The molecule has 3 rings (SSSR count). The highest BCUT2D eigenvalue weighted by molar-refractivity contribution is 5.97. The molecule has 496 valence electrons. The van der Waals surface area contributed by atoms with Gasteiger partial charge < -0.3 is 57.7 Å². The predicted octanol–water partition coefficient (Wildman–Crippen LogP) is 6.14. The molecule has 0 unspecified atom stereocenters. The standard InChI is InChI=1S/C68H103N11O11/c1-12-20-61(84)76-58(40-47-27-31-55(32-28-47)90-68(6,7)8)60(83)42-51(23-16-17-36-79(11)45(3)4)64(87)78-57(25-19-35-74-67(70)72-10)59(82)43-53(39-48-26-29-49-21-14-15-22-50(49)38-48)63(86)75-44-54(81)41-52(30-33-62(85)89-37-13-2)65(88)77-56(46(5)80)24-18-34-73-66(69)71-9/h13-15,21-22,26-29,31-32,38,45,51-53,56-58H,2,12,16-20,23-25,30,33-37,39-44H2,1,3-11H3,(H,75,86)(H,76,84)(H,77,88)(H,78,87)(H3,69,71,73)(H3,70,72,74)/t51-,52+,53-,56+,57-,58+/m1/s1. The summed E-state index contributed by atoms with van der Waals surface area (Å²) in [6.07, 6.45) is 3.72. The topological polar surface area (TPSA) is 324 Å². The average molecular weight is 1250 g/mol. The minimum absolute atomic E-state index is 0.0550. The van der Waals surface area contributed by atoms with Gasteiger partial charge in [0.2, 0.25) is 23.6 Å². The van der Waals surface area contributed by atoms with Crippen LogP contribution in [0, 0.1) is 17.8 Å². The molecule has 10 N–H and O–H groups in total. The summed E-state index contributed by atoms with van der Waals surface area (Å²) in [5.41, 5.74) is 12.8. The van der Waals surface area contributed by atoms with Crippen molar-refractivity contribution in [3.8, 4) is 5.75 Å². The first kappa shape index (κ1) is 76.2. The molecule has 3 aromatic rings. The number of esters is 1. The fourth-order valence-corrected chi connectivity index (χ4v) is 10.0. The van der Waals surface area contributed by atoms with Crippen LogP contribution in [-0.2, 0) is 60.7 Å². The third kappa shape index (κ3) is 30.0. The molecule has 0 heterocycles. The van der Waals surface area contributed by atoms with E-state index in [-0.39, 0.29) is 106 Å². The number of Topliss-reactive ketones (excluding diaryl/α,β-unsaturated/α-hetero) is 4. The van der Waals surface area contributed by atoms with Crippen molar-refractivity contribution in [2.75, 3.05) is 53.9 Å². The van der Waals surface area contributed by atoms with E-state index in [0.717, 1.165) is 34.9 Å². The SMILES string of the molecule is C=CCOC(=O)CC[C@@H](CC(=O)CNC(=O)[C@@H](CC(=O)[C@@H](CCCNC(N)=NC)NC(=O)[C@H](CCCCN(C)C(C)C)CC(=O)[C@H](Cc1ccc(OC(C)(C)C)cc1)NC(=O)CCC)Cc1ccc2ccccc2c1)C(=O)N[C@@H](CCCNC(N)=NC)C(C)=O. The molecule has 22 heteroatoms. The zero-order chi connectivity index (χ0) is 66.8. The molecule has 0 bridgehead atoms. The first-order valence-corrected chi connectivity index (χ1v) is 31.7. The quantitative estimate of drug-likeness (QED) is 0.0104. The Kier molecular flexibility index (Phi) is 34.4. The number of hydrogen-bond donors (Lipinski definition) is 8. The van der Waals surface area contributed by atoms with Crippen LogP contribution in [0.4, 0.5) is 0 Å². The Morgan fingerprint density at radius 2 is 1.22 bits per heavy atom. The monoisotopic (exact) mass is 1250 g/mol. The molecule has 0 spiro atoms. The minimum atomic E-state index is -1.15. The van der Waals surface area contributed by atoms with E-state index in [0.29, 0.717) is 44.4 Å². The highest BCUT2D eigenvalue weighted by Gasteiger charge is 2.34. The molecule has 90 heavy (non-hydrogen) atoms. The number of carbonyl (C=O) groups is 9. The van der Waals surface area contributed by atoms with Crippen molar-refractivity contribution in [3.05, 3.63) is 90.5 Å². The highest BCUT2D eigenvalue weighted by Crippen LogP contribution is 2.25. The van der Waals surface area contributed by atoms with E-state index in [1.807, 2.05) is 101 Å². The summed E-state index contributed by atoms with van der Waals surface area (Å²) in [4.78, 5) is 136. The van der Waals surface area contributed by atoms with Gasteiger partial charge in [-0.3, -0.25) is 53.1 Å². The van der Waals surface area contributed by atoms with Crippen molar-refractivity contribution in [3.63, 3.8) is 0 Å². The van der Waals surface area contributed by atoms with Crippen LogP contribution in [0.5, 0.6) is 5.75 Å². The summed E-state index contributed by atoms with van der Waals surface area (Å²) in [7, 11) is 5.07. The zero-order valence-electron chi connectivity index (χ0n) is 55.0. The number of ketones is 4. The van der Waals surface area contributed by atoms with Crippen molar-refractivity contribution in [2.24, 2.45) is 39.2 Å². The molecule has 6 atom stereocenters. The van der Waals surface area contributed by atoms with Crippen LogP contribution in [0.15, 0.2) is 89.4 Å². The summed E-state index contributed by atoms with van der Waals surface area (Å²) in [6, 6.07) is 18.0. The number of amides is 4. The number of nitrogens with one attached hydrogen (secondary N) is 6. The van der Waals surface area contributed by atoms with Crippen molar-refractivity contribution < 1.29 is 52.6 Å². The van der Waals surface area contributed by atoms with Crippen LogP contribution < -0.4 is 48.1 Å². The van der Waals surface area contributed by atoms with E-state index < -0.39 is 89.7 Å². The summed E-state index contributed by atoms with van der Waals surface area (Å²) in [5, 5.41) is 19.2. The number of guanidine groups is 2. The molecular weight excluding hydrogens is 1150 g/mol. The van der Waals surface area contributed by atoms with E-state index in [9.17, 15) is 38.4 Å². The molecule has 0 saturated carbocycles. The van der Waals surface area contributed by atoms with E-state index in [2.05, 4.69) is 67.2 Å². The second-order valence-corrected chi connectivity index (χ2v) is 24.4. The van der Waals surface area contributed by atoms with E-state index >= 15 is 4.79 Å². The Balaban J connectivity index is 2.02. The van der Waals surface area contributed by atoms with E-state index in [4.69, 9.17) is 20.9 Å². The fraction of sp³-hybridized carbons (Fsp3) is 0.574. The van der Waals surface area contributed by atoms with Gasteiger partial charge in [-0.2, -0.15) is 0 Å². The number of aliphatic imine (C=N–C) groups is 2. The summed E-state index contributed by atoms with van der Waals surface area (Å²) >= 11 is 0. The fourth-order valence-electron chi connectivity index (χ4n) is 10.0. The lowest BCUT2D eigenvalue weighted by atomic mass is 9.88. The normalized spacial score (nSPS) is 13.9. The lowest BCUT2D eigenvalue weighted by Crippen LogP contribution is -2.48. The lowest BCUT2D eigenvalue weighted by Gasteiger charge is -2.26. The van der Waals surface area contributed by atoms with Gasteiger partial charge in [0, 0.05) is 83.1 Å². The molecule has 22 nitrogen and oxygen atoms in total. The summed E-state index contributed by atoms with van der Waals surface area (Å²) in [6.45, 7) is 17.6. The lowest BCUT2D eigenvalue weighted by molar-refractivity contribution is -0.143. The number of benzene rings is 3. The smallest absolute Gasteiger partial charge is 0.306 e. The molecule has 0 aromatic heterocycles. The number of nitrogens with zero attached hydrogens (tertiary/aromatic N) is 3. The molecule has 0 fully saturated rings. The van der Waals surface area contributed by atoms with Crippen molar-refractivity contribution >= 4 is 75.4 Å². The van der Waals surface area contributed by atoms with Gasteiger partial charge in [-0.05, 0) is 153 Å². The first-order chi connectivity index (χ1) is 42.7. The summed E-state index contributed by atoms with van der Waals surface area (Å²) < 4.78 is 11.2. The Labute approximate surface area is 533 Å². The number of ether oxygens (including phenoxy) is 2. The number of rotatable bonds is 43. The highest BCUT2D eigenvalue weighted by atomic mass is 16.5. The second kappa shape index (κ2) is 40.6. The Hall–Kier alpha value is -8.01. The molecule has 4 amide bonds. The molecule has 0 aliphatic carbocycles. The van der Waals surface area contributed by atoms with Crippen LogP contribution >= 0.6 is 0 Å². The Morgan fingerprint density at radius 1 is 0.644 bits per heavy atom. The number of nitrogens with two attached hydrogens (primary N) is 2. The predicted molar refractivity (Wildman–Crippen MR) is 353 cm³/mol. The molecule has 0 saturated heterocycles. The van der Waals surface area contributed by atoms with Crippen LogP contribution in [0.2, 0.25) is 0 Å². The van der Waals surface area contributed by atoms with Crippen LogP contribution in [-0.4, -0.2) is 153 Å². The van der Waals surface area contributed by atoms with E-state index in [1.54, 1.807) is 0 Å². The minimum Gasteiger partial charge on any atom is -0.488 e. The van der Waals surface area contributed by atoms with Gasteiger partial charge in [0.25, 0.3) is 0 Å². The van der Waals surface area contributed by atoms with Crippen molar-refractivity contribution in [2.45, 2.75) is 181 Å². The van der Waals surface area contributed by atoms with Crippen LogP contribution in [0.3, 0.4) is 0 Å². The van der Waals surface area contributed by atoms with Gasteiger partial charge in [-0.15, -0.1) is 0 Å². The molecule has 0 aliphatic heterocycles. The first-order valence-electron chi connectivity index (χ1n) is 31.7. The number of unbranched alkanes of at least 4 members (excludes halogenated alkanes) is 1. The number of carbonyl (C=O) groups excluding carboxylic acids is 9. The number of fused-ring (bicyclic) bond motifs is 1. The van der Waals surface area contributed by atoms with Crippen molar-refractivity contribution in [1.29, 1.82) is 0 Å².